The van der Waals surface area contributed by atoms with Crippen LogP contribution in [0.5, 0.6) is 0 Å². The molecule has 0 amide bonds. The van der Waals surface area contributed by atoms with Crippen molar-refractivity contribution >= 4 is 17.5 Å². The minimum atomic E-state index is -0.571. The van der Waals surface area contributed by atoms with Crippen molar-refractivity contribution < 1.29 is 18.7 Å². The monoisotopic (exact) mass is 288 g/mol. The lowest BCUT2D eigenvalue weighted by molar-refractivity contribution is -0.149. The smallest absolute Gasteiger partial charge is 0.347 e. The lowest BCUT2D eigenvalue weighted by atomic mass is 9.87. The molecule has 21 heavy (non-hydrogen) atoms. The zero-order valence-corrected chi connectivity index (χ0v) is 13.3. The summed E-state index contributed by atoms with van der Waals surface area (Å²) < 4.78 is 10.4. The first-order valence-corrected chi connectivity index (χ1v) is 7.00. The molecule has 2 rings (SSSR count). The highest BCUT2D eigenvalue weighted by atomic mass is 16.6. The van der Waals surface area contributed by atoms with Gasteiger partial charge in [0, 0.05) is 5.56 Å². The summed E-state index contributed by atoms with van der Waals surface area (Å²) in [5.74, 6) is 0.439. The molecule has 0 N–H and O–H groups in total. The van der Waals surface area contributed by atoms with Crippen LogP contribution in [0.1, 0.15) is 44.8 Å². The van der Waals surface area contributed by atoms with Crippen molar-refractivity contribution in [2.75, 3.05) is 0 Å². The van der Waals surface area contributed by atoms with Gasteiger partial charge in [-0.05, 0) is 45.3 Å². The zero-order valence-electron chi connectivity index (χ0n) is 13.3. The molecule has 1 saturated heterocycles. The van der Waals surface area contributed by atoms with Gasteiger partial charge in [-0.25, -0.2) is 9.59 Å². The van der Waals surface area contributed by atoms with E-state index in [1.54, 1.807) is 13.8 Å². The van der Waals surface area contributed by atoms with Crippen molar-refractivity contribution in [3.8, 4) is 0 Å². The van der Waals surface area contributed by atoms with Crippen LogP contribution in [-0.4, -0.2) is 11.9 Å². The largest absolute Gasteiger partial charge is 0.466 e. The zero-order chi connectivity index (χ0) is 15.9. The molecule has 1 aliphatic rings. The minimum absolute atomic E-state index is 0.0588. The maximum atomic E-state index is 12.2. The third-order valence-electron chi connectivity index (χ3n) is 3.52. The average Bonchev–Trinajstić information content (AvgIpc) is 2.80. The van der Waals surface area contributed by atoms with Gasteiger partial charge in [-0.1, -0.05) is 19.4 Å². The molecular formula is C17H20O4. The van der Waals surface area contributed by atoms with E-state index in [0.717, 1.165) is 28.2 Å². The van der Waals surface area contributed by atoms with E-state index in [2.05, 4.69) is 0 Å². The third kappa shape index (κ3) is 2.58. The second-order valence-electron chi connectivity index (χ2n) is 5.82. The Morgan fingerprint density at radius 2 is 1.62 bits per heavy atom. The molecule has 0 radical (unpaired) electrons. The van der Waals surface area contributed by atoms with Crippen LogP contribution in [0, 0.1) is 19.8 Å². The van der Waals surface area contributed by atoms with E-state index in [0.29, 0.717) is 11.1 Å². The van der Waals surface area contributed by atoms with Gasteiger partial charge in [-0.2, -0.15) is 0 Å². The SMILES string of the molecule is CC(C)=C1C(=O)OC(=O)C1=C(c1cc(C)oc1C)C(C)C. The normalized spacial score (nSPS) is 17.6. The van der Waals surface area contributed by atoms with Crippen LogP contribution in [-0.2, 0) is 14.3 Å². The topological polar surface area (TPSA) is 56.5 Å². The molecule has 0 aliphatic carbocycles. The number of carbonyl (C=O) groups is 2. The predicted molar refractivity (Wildman–Crippen MR) is 79.4 cm³/mol. The summed E-state index contributed by atoms with van der Waals surface area (Å²) in [4.78, 5) is 24.1. The Morgan fingerprint density at radius 1 is 1.05 bits per heavy atom. The number of esters is 2. The van der Waals surface area contributed by atoms with Crippen molar-refractivity contribution in [3.05, 3.63) is 39.9 Å². The van der Waals surface area contributed by atoms with Crippen LogP contribution in [0.4, 0.5) is 0 Å². The van der Waals surface area contributed by atoms with E-state index in [4.69, 9.17) is 9.15 Å². The summed E-state index contributed by atoms with van der Waals surface area (Å²) in [6, 6.07) is 1.90. The standard InChI is InChI=1S/C17H20O4/c1-8(2)13(12-7-10(5)20-11(12)6)15-14(9(3)4)16(18)21-17(15)19/h7-8H,1-6H3. The molecule has 0 saturated carbocycles. The molecule has 0 bridgehead atoms. The number of rotatable bonds is 2. The number of aryl methyl sites for hydroxylation is 2. The first-order valence-electron chi connectivity index (χ1n) is 7.00. The van der Waals surface area contributed by atoms with Gasteiger partial charge in [0.2, 0.25) is 0 Å². The summed E-state index contributed by atoms with van der Waals surface area (Å²) in [6.07, 6.45) is 0. The van der Waals surface area contributed by atoms with Crippen LogP contribution in [0.25, 0.3) is 5.57 Å². The van der Waals surface area contributed by atoms with E-state index in [9.17, 15) is 9.59 Å². The number of cyclic esters (lactones) is 2. The number of hydrogen-bond acceptors (Lipinski definition) is 4. The number of hydrogen-bond donors (Lipinski definition) is 0. The highest BCUT2D eigenvalue weighted by Gasteiger charge is 2.38. The van der Waals surface area contributed by atoms with Crippen LogP contribution < -0.4 is 0 Å². The fourth-order valence-corrected chi connectivity index (χ4v) is 2.72. The first-order chi connectivity index (χ1) is 9.73. The first kappa shape index (κ1) is 15.3. The molecule has 2 heterocycles. The Bertz CT molecular complexity index is 680. The van der Waals surface area contributed by atoms with Crippen molar-refractivity contribution in [1.82, 2.24) is 0 Å². The molecule has 0 atom stereocenters. The van der Waals surface area contributed by atoms with E-state index in [1.165, 1.54) is 0 Å². The van der Waals surface area contributed by atoms with Gasteiger partial charge >= 0.3 is 11.9 Å². The van der Waals surface area contributed by atoms with Crippen LogP contribution in [0.15, 0.2) is 27.2 Å². The summed E-state index contributed by atoms with van der Waals surface area (Å²) in [5.41, 5.74) is 3.19. The Kier molecular flexibility index (Phi) is 3.90. The fourth-order valence-electron chi connectivity index (χ4n) is 2.72. The second kappa shape index (κ2) is 5.35. The van der Waals surface area contributed by atoms with Gasteiger partial charge in [-0.15, -0.1) is 0 Å². The van der Waals surface area contributed by atoms with E-state index >= 15 is 0 Å². The third-order valence-corrected chi connectivity index (χ3v) is 3.52. The van der Waals surface area contributed by atoms with E-state index < -0.39 is 11.9 Å². The van der Waals surface area contributed by atoms with Gasteiger partial charge < -0.3 is 9.15 Å². The molecule has 4 heteroatoms. The molecule has 1 fully saturated rings. The molecule has 0 spiro atoms. The Hall–Kier alpha value is -2.10. The molecule has 0 aromatic carbocycles. The van der Waals surface area contributed by atoms with Gasteiger partial charge in [0.15, 0.2) is 0 Å². The fraction of sp³-hybridized carbons (Fsp3) is 0.412. The molecule has 0 unspecified atom stereocenters. The van der Waals surface area contributed by atoms with Crippen LogP contribution in [0.3, 0.4) is 0 Å². The van der Waals surface area contributed by atoms with Crippen molar-refractivity contribution in [3.63, 3.8) is 0 Å². The lowest BCUT2D eigenvalue weighted by Crippen LogP contribution is -2.06. The molecule has 112 valence electrons. The predicted octanol–water partition coefficient (Wildman–Crippen LogP) is 3.73. The molecule has 4 nitrogen and oxygen atoms in total. The molecular weight excluding hydrogens is 268 g/mol. The summed E-state index contributed by atoms with van der Waals surface area (Å²) >= 11 is 0. The Morgan fingerprint density at radius 3 is 2.05 bits per heavy atom. The number of allylic oxidation sites excluding steroid dienone is 2. The number of carbonyl (C=O) groups excluding carboxylic acids is 2. The second-order valence-corrected chi connectivity index (χ2v) is 5.82. The van der Waals surface area contributed by atoms with Crippen molar-refractivity contribution in [2.24, 2.45) is 5.92 Å². The molecule has 1 aromatic rings. The minimum Gasteiger partial charge on any atom is -0.466 e. The summed E-state index contributed by atoms with van der Waals surface area (Å²) in [6.45, 7) is 11.3. The highest BCUT2D eigenvalue weighted by molar-refractivity contribution is 6.22. The van der Waals surface area contributed by atoms with Crippen molar-refractivity contribution in [1.29, 1.82) is 0 Å². The van der Waals surface area contributed by atoms with Gasteiger partial charge in [0.25, 0.3) is 0 Å². The number of furan rings is 1. The van der Waals surface area contributed by atoms with Gasteiger partial charge in [-0.3, -0.25) is 0 Å². The Balaban J connectivity index is 2.82. The molecule has 1 aliphatic heterocycles. The maximum Gasteiger partial charge on any atom is 0.347 e. The van der Waals surface area contributed by atoms with Crippen LogP contribution in [0.2, 0.25) is 0 Å². The quantitative estimate of drug-likeness (QED) is 0.473. The molecule has 1 aromatic heterocycles. The average molecular weight is 288 g/mol. The van der Waals surface area contributed by atoms with E-state index in [-0.39, 0.29) is 5.92 Å². The van der Waals surface area contributed by atoms with Crippen LogP contribution >= 0.6 is 0 Å². The maximum absolute atomic E-state index is 12.2. The highest BCUT2D eigenvalue weighted by Crippen LogP contribution is 2.38. The van der Waals surface area contributed by atoms with Crippen molar-refractivity contribution in [2.45, 2.75) is 41.5 Å². The summed E-state index contributed by atoms with van der Waals surface area (Å²) in [7, 11) is 0. The Labute approximate surface area is 124 Å². The van der Waals surface area contributed by atoms with Gasteiger partial charge in [0.05, 0.1) is 11.1 Å². The number of ether oxygens (including phenoxy) is 1. The summed E-state index contributed by atoms with van der Waals surface area (Å²) in [5, 5.41) is 0. The van der Waals surface area contributed by atoms with E-state index in [1.807, 2.05) is 33.8 Å². The lowest BCUT2D eigenvalue weighted by Gasteiger charge is -2.13. The van der Waals surface area contributed by atoms with Gasteiger partial charge in [0.1, 0.15) is 11.5 Å².